The number of fused-ring (bicyclic) bond motifs is 1. The molecule has 106 valence electrons. The molecule has 1 aromatic heterocycles. The molecule has 1 saturated carbocycles. The van der Waals surface area contributed by atoms with E-state index < -0.39 is 0 Å². The van der Waals surface area contributed by atoms with Crippen molar-refractivity contribution in [3.8, 4) is 0 Å². The Bertz CT molecular complexity index is 616. The Labute approximate surface area is 119 Å². The average Bonchev–Trinajstić information content (AvgIpc) is 2.90. The van der Waals surface area contributed by atoms with Gasteiger partial charge < -0.3 is 10.3 Å². The quantitative estimate of drug-likeness (QED) is 0.858. The predicted octanol–water partition coefficient (Wildman–Crippen LogP) is 3.72. The smallest absolute Gasteiger partial charge is 0.251 e. The largest absolute Gasteiger partial charge is 0.361 e. The minimum absolute atomic E-state index is 0.0493. The molecule has 1 amide bonds. The number of hydrogen-bond donors (Lipinski definition) is 2. The molecule has 1 aliphatic rings. The number of carbonyl (C=O) groups excluding carboxylic acids is 1. The standard InChI is InChI=1S/C17H22N2O/c1-11-3-6-15(9-12(11)2)19-17(20)14-5-4-13-7-8-18-16(13)10-14/h4-5,7-8,10-12,15,18H,3,6,9H2,1-2H3,(H,19,20). The highest BCUT2D eigenvalue weighted by molar-refractivity contribution is 5.98. The summed E-state index contributed by atoms with van der Waals surface area (Å²) in [5.74, 6) is 1.52. The number of nitrogens with one attached hydrogen (secondary N) is 2. The molecule has 1 fully saturated rings. The van der Waals surface area contributed by atoms with Crippen molar-refractivity contribution >= 4 is 16.8 Å². The fraction of sp³-hybridized carbons (Fsp3) is 0.471. The molecule has 1 heterocycles. The molecule has 20 heavy (non-hydrogen) atoms. The van der Waals surface area contributed by atoms with Gasteiger partial charge >= 0.3 is 0 Å². The molecular formula is C17H22N2O. The summed E-state index contributed by atoms with van der Waals surface area (Å²) >= 11 is 0. The second-order valence-corrected chi connectivity index (χ2v) is 6.22. The minimum atomic E-state index is 0.0493. The van der Waals surface area contributed by atoms with Crippen LogP contribution in [0.5, 0.6) is 0 Å². The van der Waals surface area contributed by atoms with Gasteiger partial charge in [0.15, 0.2) is 0 Å². The van der Waals surface area contributed by atoms with E-state index in [0.717, 1.165) is 35.2 Å². The van der Waals surface area contributed by atoms with Crippen molar-refractivity contribution in [1.29, 1.82) is 0 Å². The molecule has 2 N–H and O–H groups in total. The number of rotatable bonds is 2. The van der Waals surface area contributed by atoms with Crippen LogP contribution in [0.15, 0.2) is 30.5 Å². The van der Waals surface area contributed by atoms with Gasteiger partial charge in [0.05, 0.1) is 0 Å². The van der Waals surface area contributed by atoms with Gasteiger partial charge in [-0.2, -0.15) is 0 Å². The fourth-order valence-electron chi connectivity index (χ4n) is 3.14. The summed E-state index contributed by atoms with van der Waals surface area (Å²) in [4.78, 5) is 15.5. The second kappa shape index (κ2) is 5.31. The van der Waals surface area contributed by atoms with E-state index in [1.165, 1.54) is 6.42 Å². The first kappa shape index (κ1) is 13.2. The van der Waals surface area contributed by atoms with E-state index in [-0.39, 0.29) is 5.91 Å². The molecule has 1 aliphatic carbocycles. The molecule has 3 rings (SSSR count). The monoisotopic (exact) mass is 270 g/mol. The molecular weight excluding hydrogens is 248 g/mol. The van der Waals surface area contributed by atoms with Gasteiger partial charge in [0.2, 0.25) is 0 Å². The van der Waals surface area contributed by atoms with Gasteiger partial charge in [-0.15, -0.1) is 0 Å². The highest BCUT2D eigenvalue weighted by atomic mass is 16.1. The highest BCUT2D eigenvalue weighted by Gasteiger charge is 2.25. The van der Waals surface area contributed by atoms with Crippen LogP contribution in [0.2, 0.25) is 0 Å². The van der Waals surface area contributed by atoms with Gasteiger partial charge in [-0.05, 0) is 54.7 Å². The second-order valence-electron chi connectivity index (χ2n) is 6.22. The zero-order valence-corrected chi connectivity index (χ0v) is 12.1. The molecule has 0 radical (unpaired) electrons. The number of benzene rings is 1. The summed E-state index contributed by atoms with van der Waals surface area (Å²) in [6.45, 7) is 4.59. The predicted molar refractivity (Wildman–Crippen MR) is 81.7 cm³/mol. The molecule has 3 unspecified atom stereocenters. The lowest BCUT2D eigenvalue weighted by atomic mass is 9.79. The SMILES string of the molecule is CC1CCC(NC(=O)c2ccc3cc[nH]c3c2)CC1C. The van der Waals surface area contributed by atoms with Crippen LogP contribution in [0, 0.1) is 11.8 Å². The van der Waals surface area contributed by atoms with Crippen LogP contribution in [0.25, 0.3) is 10.9 Å². The van der Waals surface area contributed by atoms with Crippen molar-refractivity contribution in [2.24, 2.45) is 11.8 Å². The molecule has 0 bridgehead atoms. The zero-order chi connectivity index (χ0) is 14.1. The number of H-pyrrole nitrogens is 1. The van der Waals surface area contributed by atoms with Crippen molar-refractivity contribution in [2.75, 3.05) is 0 Å². The van der Waals surface area contributed by atoms with Crippen LogP contribution in [-0.4, -0.2) is 16.9 Å². The molecule has 3 nitrogen and oxygen atoms in total. The van der Waals surface area contributed by atoms with E-state index >= 15 is 0 Å². The first-order chi connectivity index (χ1) is 9.63. The Morgan fingerprint density at radius 3 is 2.85 bits per heavy atom. The maximum Gasteiger partial charge on any atom is 0.251 e. The lowest BCUT2D eigenvalue weighted by molar-refractivity contribution is 0.0910. The number of hydrogen-bond acceptors (Lipinski definition) is 1. The minimum Gasteiger partial charge on any atom is -0.361 e. The summed E-state index contributed by atoms with van der Waals surface area (Å²) in [6.07, 6.45) is 5.30. The van der Waals surface area contributed by atoms with E-state index in [2.05, 4.69) is 24.1 Å². The van der Waals surface area contributed by atoms with Gasteiger partial charge in [-0.3, -0.25) is 4.79 Å². The van der Waals surface area contributed by atoms with E-state index in [0.29, 0.717) is 12.0 Å². The first-order valence-electron chi connectivity index (χ1n) is 7.51. The third-order valence-corrected chi connectivity index (χ3v) is 4.75. The number of carbonyl (C=O) groups is 1. The summed E-state index contributed by atoms with van der Waals surface area (Å²) < 4.78 is 0. The first-order valence-corrected chi connectivity index (χ1v) is 7.51. The molecule has 3 heteroatoms. The Morgan fingerprint density at radius 2 is 2.05 bits per heavy atom. The van der Waals surface area contributed by atoms with Crippen molar-refractivity contribution < 1.29 is 4.79 Å². The van der Waals surface area contributed by atoms with Crippen LogP contribution < -0.4 is 5.32 Å². The Hall–Kier alpha value is -1.77. The summed E-state index contributed by atoms with van der Waals surface area (Å²) in [5, 5.41) is 4.33. The molecule has 1 aromatic carbocycles. The molecule has 3 atom stereocenters. The van der Waals surface area contributed by atoms with Gasteiger partial charge in [0.25, 0.3) is 5.91 Å². The Morgan fingerprint density at radius 1 is 1.20 bits per heavy atom. The molecule has 2 aromatic rings. The van der Waals surface area contributed by atoms with Crippen LogP contribution in [0.1, 0.15) is 43.5 Å². The topological polar surface area (TPSA) is 44.9 Å². The van der Waals surface area contributed by atoms with Crippen LogP contribution in [-0.2, 0) is 0 Å². The Balaban J connectivity index is 1.69. The van der Waals surface area contributed by atoms with E-state index in [1.807, 2.05) is 30.5 Å². The lowest BCUT2D eigenvalue weighted by Crippen LogP contribution is -2.39. The third-order valence-electron chi connectivity index (χ3n) is 4.75. The number of amides is 1. The maximum absolute atomic E-state index is 12.3. The van der Waals surface area contributed by atoms with Crippen molar-refractivity contribution in [1.82, 2.24) is 10.3 Å². The Kier molecular flexibility index (Phi) is 3.51. The summed E-state index contributed by atoms with van der Waals surface area (Å²) in [5.41, 5.74) is 1.76. The number of aromatic nitrogens is 1. The van der Waals surface area contributed by atoms with Gasteiger partial charge in [0, 0.05) is 23.3 Å². The van der Waals surface area contributed by atoms with Crippen LogP contribution in [0.4, 0.5) is 0 Å². The highest BCUT2D eigenvalue weighted by Crippen LogP contribution is 2.29. The van der Waals surface area contributed by atoms with Gasteiger partial charge in [-0.25, -0.2) is 0 Å². The zero-order valence-electron chi connectivity index (χ0n) is 12.1. The summed E-state index contributed by atoms with van der Waals surface area (Å²) in [6, 6.07) is 8.17. The maximum atomic E-state index is 12.3. The van der Waals surface area contributed by atoms with Crippen molar-refractivity contribution in [3.63, 3.8) is 0 Å². The normalized spacial score (nSPS) is 26.6. The third kappa shape index (κ3) is 2.58. The summed E-state index contributed by atoms with van der Waals surface area (Å²) in [7, 11) is 0. The van der Waals surface area contributed by atoms with Crippen LogP contribution >= 0.6 is 0 Å². The van der Waals surface area contributed by atoms with Gasteiger partial charge in [0.1, 0.15) is 0 Å². The van der Waals surface area contributed by atoms with Gasteiger partial charge in [-0.1, -0.05) is 19.9 Å². The van der Waals surface area contributed by atoms with E-state index in [1.54, 1.807) is 0 Å². The van der Waals surface area contributed by atoms with Crippen molar-refractivity contribution in [2.45, 2.75) is 39.2 Å². The fourth-order valence-corrected chi connectivity index (χ4v) is 3.14. The van der Waals surface area contributed by atoms with E-state index in [9.17, 15) is 4.79 Å². The molecule has 0 saturated heterocycles. The molecule has 0 spiro atoms. The average molecular weight is 270 g/mol. The number of aromatic amines is 1. The van der Waals surface area contributed by atoms with Crippen molar-refractivity contribution in [3.05, 3.63) is 36.0 Å². The van der Waals surface area contributed by atoms with Crippen LogP contribution in [0.3, 0.4) is 0 Å². The molecule has 0 aliphatic heterocycles. The lowest BCUT2D eigenvalue weighted by Gasteiger charge is -2.32. The van der Waals surface area contributed by atoms with E-state index in [4.69, 9.17) is 0 Å².